The van der Waals surface area contributed by atoms with Crippen molar-refractivity contribution in [2.24, 2.45) is 0 Å². The van der Waals surface area contributed by atoms with E-state index < -0.39 is 40.5 Å². The summed E-state index contributed by atoms with van der Waals surface area (Å²) in [5.74, 6) is -9.62. The zero-order valence-corrected chi connectivity index (χ0v) is 8.59. The van der Waals surface area contributed by atoms with Gasteiger partial charge in [-0.05, 0) is 6.92 Å². The molecule has 17 heavy (non-hydrogen) atoms. The van der Waals surface area contributed by atoms with Crippen LogP contribution in [0, 0.1) is 17.5 Å². The molecule has 1 N–H and O–H groups in total. The van der Waals surface area contributed by atoms with Crippen LogP contribution in [0.2, 0.25) is 0 Å². The third kappa shape index (κ3) is 2.38. The van der Waals surface area contributed by atoms with Crippen molar-refractivity contribution < 1.29 is 32.6 Å². The Bertz CT molecular complexity index is 459. The molecule has 7 heteroatoms. The van der Waals surface area contributed by atoms with Crippen LogP contribution in [0.1, 0.15) is 17.3 Å². The number of ketones is 1. The average Bonchev–Trinajstić information content (AvgIpc) is 2.27. The molecule has 0 fully saturated rings. The third-order valence-corrected chi connectivity index (χ3v) is 1.83. The van der Waals surface area contributed by atoms with Gasteiger partial charge in [-0.2, -0.15) is 0 Å². The van der Waals surface area contributed by atoms with Crippen LogP contribution in [0.5, 0.6) is 5.75 Å². The number of esters is 1. The van der Waals surface area contributed by atoms with Crippen LogP contribution >= 0.6 is 0 Å². The number of phenols is 1. The molecule has 0 heterocycles. The number of Topliss-reactive ketones (excluding diaryl/α,β-unsaturated/α-hetero) is 1. The molecule has 92 valence electrons. The summed E-state index contributed by atoms with van der Waals surface area (Å²) in [7, 11) is 0. The molecular weight excluding hydrogens is 241 g/mol. The fourth-order valence-electron chi connectivity index (χ4n) is 1.09. The van der Waals surface area contributed by atoms with E-state index >= 15 is 0 Å². The van der Waals surface area contributed by atoms with Crippen molar-refractivity contribution in [1.82, 2.24) is 0 Å². The summed E-state index contributed by atoms with van der Waals surface area (Å²) >= 11 is 0. The summed E-state index contributed by atoms with van der Waals surface area (Å²) in [5.41, 5.74) is -1.37. The van der Waals surface area contributed by atoms with Crippen LogP contribution in [0.4, 0.5) is 13.2 Å². The molecule has 0 unspecified atom stereocenters. The van der Waals surface area contributed by atoms with Gasteiger partial charge in [0.25, 0.3) is 5.78 Å². The second kappa shape index (κ2) is 4.86. The topological polar surface area (TPSA) is 63.6 Å². The second-order valence-electron chi connectivity index (χ2n) is 2.93. The van der Waals surface area contributed by atoms with Gasteiger partial charge in [-0.1, -0.05) is 0 Å². The van der Waals surface area contributed by atoms with Crippen LogP contribution in [0.3, 0.4) is 0 Å². The van der Waals surface area contributed by atoms with E-state index in [1.165, 1.54) is 6.92 Å². The van der Waals surface area contributed by atoms with Crippen molar-refractivity contribution in [2.75, 3.05) is 6.61 Å². The number of carbonyl (C=O) groups is 2. The van der Waals surface area contributed by atoms with E-state index in [-0.39, 0.29) is 12.7 Å². The van der Waals surface area contributed by atoms with Crippen LogP contribution < -0.4 is 0 Å². The average molecular weight is 248 g/mol. The van der Waals surface area contributed by atoms with Gasteiger partial charge in [0, 0.05) is 6.07 Å². The Balaban J connectivity index is 3.31. The summed E-state index contributed by atoms with van der Waals surface area (Å²) < 4.78 is 43.1. The third-order valence-electron chi connectivity index (χ3n) is 1.83. The van der Waals surface area contributed by atoms with Crippen LogP contribution in [0.15, 0.2) is 6.07 Å². The number of hydrogen-bond donors (Lipinski definition) is 1. The highest BCUT2D eigenvalue weighted by Crippen LogP contribution is 2.27. The van der Waals surface area contributed by atoms with Gasteiger partial charge in [-0.3, -0.25) is 4.79 Å². The van der Waals surface area contributed by atoms with Gasteiger partial charge >= 0.3 is 5.97 Å². The number of benzene rings is 1. The van der Waals surface area contributed by atoms with E-state index in [1.54, 1.807) is 0 Å². The molecule has 0 spiro atoms. The maximum absolute atomic E-state index is 13.2. The van der Waals surface area contributed by atoms with Crippen LogP contribution in [0.25, 0.3) is 0 Å². The van der Waals surface area contributed by atoms with Gasteiger partial charge in [-0.15, -0.1) is 0 Å². The molecule has 0 aliphatic carbocycles. The van der Waals surface area contributed by atoms with Gasteiger partial charge < -0.3 is 9.84 Å². The molecule has 1 aromatic rings. The van der Waals surface area contributed by atoms with Crippen molar-refractivity contribution in [1.29, 1.82) is 0 Å². The highest BCUT2D eigenvalue weighted by molar-refractivity contribution is 6.41. The number of hydrogen-bond acceptors (Lipinski definition) is 4. The standard InChI is InChI=1S/C10H7F3O4/c1-2-17-10(16)9(15)6-7(13)4(11)3-5(12)8(6)14/h3,14H,2H2,1H3. The molecule has 0 aliphatic heterocycles. The molecule has 0 atom stereocenters. The van der Waals surface area contributed by atoms with E-state index in [0.717, 1.165) is 0 Å². The zero-order valence-electron chi connectivity index (χ0n) is 8.59. The van der Waals surface area contributed by atoms with Gasteiger partial charge in [0.2, 0.25) is 0 Å². The largest absolute Gasteiger partial charge is 0.504 e. The first-order chi connectivity index (χ1) is 7.90. The smallest absolute Gasteiger partial charge is 0.379 e. The normalized spacial score (nSPS) is 10.1. The zero-order chi connectivity index (χ0) is 13.2. The molecule has 0 amide bonds. The quantitative estimate of drug-likeness (QED) is 0.381. The lowest BCUT2D eigenvalue weighted by Crippen LogP contribution is -2.20. The molecule has 0 bridgehead atoms. The molecule has 1 rings (SSSR count). The number of ether oxygens (including phenoxy) is 1. The Morgan fingerprint density at radius 1 is 1.29 bits per heavy atom. The van der Waals surface area contributed by atoms with E-state index in [2.05, 4.69) is 4.74 Å². The SMILES string of the molecule is CCOC(=O)C(=O)c1c(O)c(F)cc(F)c1F. The van der Waals surface area contributed by atoms with Gasteiger partial charge in [-0.25, -0.2) is 18.0 Å². The Kier molecular flexibility index (Phi) is 3.72. The van der Waals surface area contributed by atoms with Crippen molar-refractivity contribution in [2.45, 2.75) is 6.92 Å². The molecule has 0 aromatic heterocycles. The highest BCUT2D eigenvalue weighted by Gasteiger charge is 2.29. The van der Waals surface area contributed by atoms with Gasteiger partial charge in [0.15, 0.2) is 23.2 Å². The Morgan fingerprint density at radius 2 is 1.88 bits per heavy atom. The lowest BCUT2D eigenvalue weighted by molar-refractivity contribution is -0.137. The van der Waals surface area contributed by atoms with Crippen molar-refractivity contribution in [3.63, 3.8) is 0 Å². The summed E-state index contributed by atoms with van der Waals surface area (Å²) in [5, 5.41) is 9.08. The fraction of sp³-hybridized carbons (Fsp3) is 0.200. The monoisotopic (exact) mass is 248 g/mol. The number of carbonyl (C=O) groups excluding carboxylic acids is 2. The lowest BCUT2D eigenvalue weighted by Gasteiger charge is -2.06. The van der Waals surface area contributed by atoms with Crippen molar-refractivity contribution in [3.8, 4) is 5.75 Å². The first-order valence-electron chi connectivity index (χ1n) is 4.48. The minimum atomic E-state index is -1.80. The van der Waals surface area contributed by atoms with Crippen LogP contribution in [-0.2, 0) is 9.53 Å². The molecular formula is C10H7F3O4. The predicted molar refractivity (Wildman–Crippen MR) is 48.9 cm³/mol. The Morgan fingerprint density at radius 3 is 2.41 bits per heavy atom. The predicted octanol–water partition coefficient (Wildman–Crippen LogP) is 1.56. The van der Waals surface area contributed by atoms with Crippen LogP contribution in [-0.4, -0.2) is 23.5 Å². The van der Waals surface area contributed by atoms with E-state index in [4.69, 9.17) is 5.11 Å². The Labute approximate surface area is 93.6 Å². The number of aromatic hydroxyl groups is 1. The molecule has 0 radical (unpaired) electrons. The first kappa shape index (κ1) is 13.0. The van der Waals surface area contributed by atoms with Gasteiger partial charge in [0.1, 0.15) is 5.56 Å². The summed E-state index contributed by atoms with van der Waals surface area (Å²) in [6, 6.07) is 0.0621. The van der Waals surface area contributed by atoms with E-state index in [0.29, 0.717) is 0 Å². The summed E-state index contributed by atoms with van der Waals surface area (Å²) in [6.45, 7) is 1.21. The molecule has 0 saturated carbocycles. The number of phenolic OH excluding ortho intramolecular Hbond substituents is 1. The van der Waals surface area contributed by atoms with E-state index in [1.807, 2.05) is 0 Å². The second-order valence-corrected chi connectivity index (χ2v) is 2.93. The first-order valence-corrected chi connectivity index (χ1v) is 4.48. The molecule has 0 aliphatic rings. The van der Waals surface area contributed by atoms with Crippen molar-refractivity contribution >= 4 is 11.8 Å². The fourth-order valence-corrected chi connectivity index (χ4v) is 1.09. The highest BCUT2D eigenvalue weighted by atomic mass is 19.2. The molecule has 0 saturated heterocycles. The maximum Gasteiger partial charge on any atom is 0.379 e. The Hall–Kier alpha value is -2.05. The minimum Gasteiger partial charge on any atom is -0.504 e. The summed E-state index contributed by atoms with van der Waals surface area (Å²) in [4.78, 5) is 22.2. The van der Waals surface area contributed by atoms with Gasteiger partial charge in [0.05, 0.1) is 6.61 Å². The molecule has 4 nitrogen and oxygen atoms in total. The summed E-state index contributed by atoms with van der Waals surface area (Å²) in [6.07, 6.45) is 0. The molecule has 1 aromatic carbocycles. The maximum atomic E-state index is 13.2. The minimum absolute atomic E-state index is 0.0621. The number of rotatable bonds is 3. The van der Waals surface area contributed by atoms with Crippen molar-refractivity contribution in [3.05, 3.63) is 29.1 Å². The lowest BCUT2D eigenvalue weighted by atomic mass is 10.1. The van der Waals surface area contributed by atoms with E-state index in [9.17, 15) is 22.8 Å². The number of halogens is 3.